The van der Waals surface area contributed by atoms with Crippen molar-refractivity contribution in [3.63, 3.8) is 0 Å². The molecule has 1 aromatic heterocycles. The molecule has 0 atom stereocenters. The highest BCUT2D eigenvalue weighted by molar-refractivity contribution is 7.92. The number of benzene rings is 2. The second-order valence-electron chi connectivity index (χ2n) is 6.03. The van der Waals surface area contributed by atoms with Crippen LogP contribution in [-0.2, 0) is 10.0 Å². The molecule has 0 unspecified atom stereocenters. The fourth-order valence-electron chi connectivity index (χ4n) is 2.66. The highest BCUT2D eigenvalue weighted by atomic mass is 32.2. The van der Waals surface area contributed by atoms with E-state index < -0.39 is 10.0 Å². The molecule has 0 aliphatic carbocycles. The lowest BCUT2D eigenvalue weighted by Gasteiger charge is -2.13. The number of nitrogens with one attached hydrogen (secondary N) is 1. The van der Waals surface area contributed by atoms with Crippen molar-refractivity contribution in [3.05, 3.63) is 77.4 Å². The third kappa shape index (κ3) is 3.56. The van der Waals surface area contributed by atoms with E-state index in [-0.39, 0.29) is 4.90 Å². The van der Waals surface area contributed by atoms with Crippen molar-refractivity contribution in [1.29, 1.82) is 0 Å². The summed E-state index contributed by atoms with van der Waals surface area (Å²) in [6.45, 7) is 6.07. The molecule has 128 valence electrons. The van der Waals surface area contributed by atoms with Crippen molar-refractivity contribution < 1.29 is 8.42 Å². The second kappa shape index (κ2) is 6.69. The van der Waals surface area contributed by atoms with Gasteiger partial charge in [-0.3, -0.25) is 4.72 Å². The van der Waals surface area contributed by atoms with E-state index in [4.69, 9.17) is 0 Å². The molecule has 0 radical (unpaired) electrons. The first-order valence-corrected chi connectivity index (χ1v) is 9.49. The Morgan fingerprint density at radius 3 is 2.24 bits per heavy atom. The standard InChI is InChI=1S/C20H20N2O2S/c1-14-8-7-11-18(16(14)3)20-15(2)12-13-19(21-20)22-25(23,24)17-9-5-4-6-10-17/h4-13H,1-3H3,(H,21,22). The molecule has 25 heavy (non-hydrogen) atoms. The highest BCUT2D eigenvalue weighted by Crippen LogP contribution is 2.28. The minimum atomic E-state index is -3.66. The van der Waals surface area contributed by atoms with Crippen LogP contribution in [0.1, 0.15) is 16.7 Å². The molecule has 1 N–H and O–H groups in total. The minimum Gasteiger partial charge on any atom is -0.263 e. The van der Waals surface area contributed by atoms with Crippen LogP contribution in [0.3, 0.4) is 0 Å². The zero-order chi connectivity index (χ0) is 18.0. The summed E-state index contributed by atoms with van der Waals surface area (Å²) in [5, 5.41) is 0. The number of nitrogens with zero attached hydrogens (tertiary/aromatic N) is 1. The average molecular weight is 352 g/mol. The highest BCUT2D eigenvalue weighted by Gasteiger charge is 2.16. The van der Waals surface area contributed by atoms with Gasteiger partial charge >= 0.3 is 0 Å². The summed E-state index contributed by atoms with van der Waals surface area (Å²) in [6, 6.07) is 17.9. The molecule has 0 fully saturated rings. The van der Waals surface area contributed by atoms with Crippen molar-refractivity contribution in [2.45, 2.75) is 25.7 Å². The van der Waals surface area contributed by atoms with E-state index in [9.17, 15) is 8.42 Å². The minimum absolute atomic E-state index is 0.214. The molecule has 0 saturated heterocycles. The van der Waals surface area contributed by atoms with Crippen molar-refractivity contribution in [3.8, 4) is 11.3 Å². The van der Waals surface area contributed by atoms with Gasteiger partial charge in [-0.25, -0.2) is 13.4 Å². The van der Waals surface area contributed by atoms with Gasteiger partial charge in [0.15, 0.2) is 0 Å². The van der Waals surface area contributed by atoms with Gasteiger partial charge in [0.2, 0.25) is 0 Å². The van der Waals surface area contributed by atoms with Gasteiger partial charge in [-0.2, -0.15) is 0 Å². The topological polar surface area (TPSA) is 59.1 Å². The second-order valence-corrected chi connectivity index (χ2v) is 7.71. The Morgan fingerprint density at radius 2 is 1.52 bits per heavy atom. The molecule has 0 aliphatic heterocycles. The molecular weight excluding hydrogens is 332 g/mol. The number of hydrogen-bond acceptors (Lipinski definition) is 3. The molecule has 3 aromatic rings. The summed E-state index contributed by atoms with van der Waals surface area (Å²) in [5.74, 6) is 0.311. The van der Waals surface area contributed by atoms with Gasteiger partial charge in [0.05, 0.1) is 10.6 Å². The van der Waals surface area contributed by atoms with Gasteiger partial charge < -0.3 is 0 Å². The third-order valence-corrected chi connectivity index (χ3v) is 5.62. The predicted octanol–water partition coefficient (Wildman–Crippen LogP) is 4.47. The largest absolute Gasteiger partial charge is 0.263 e. The van der Waals surface area contributed by atoms with E-state index in [2.05, 4.69) is 22.7 Å². The fraction of sp³-hybridized carbons (Fsp3) is 0.150. The van der Waals surface area contributed by atoms with Gasteiger partial charge in [0.1, 0.15) is 5.82 Å². The maximum absolute atomic E-state index is 12.5. The summed E-state index contributed by atoms with van der Waals surface area (Å²) in [5.41, 5.74) is 5.11. The van der Waals surface area contributed by atoms with Crippen molar-refractivity contribution >= 4 is 15.8 Å². The lowest BCUT2D eigenvalue weighted by Crippen LogP contribution is -2.14. The van der Waals surface area contributed by atoms with Crippen LogP contribution in [0, 0.1) is 20.8 Å². The molecule has 3 rings (SSSR count). The van der Waals surface area contributed by atoms with Crippen LogP contribution in [-0.4, -0.2) is 13.4 Å². The number of aromatic nitrogens is 1. The average Bonchev–Trinajstić information content (AvgIpc) is 2.60. The van der Waals surface area contributed by atoms with Crippen LogP contribution in [0.2, 0.25) is 0 Å². The smallest absolute Gasteiger partial charge is 0.263 e. The Hall–Kier alpha value is -2.66. The zero-order valence-corrected chi connectivity index (χ0v) is 15.3. The van der Waals surface area contributed by atoms with E-state index in [0.717, 1.165) is 22.4 Å². The van der Waals surface area contributed by atoms with Gasteiger partial charge in [0, 0.05) is 5.56 Å². The Morgan fingerprint density at radius 1 is 0.800 bits per heavy atom. The molecule has 0 amide bonds. The number of hydrogen-bond donors (Lipinski definition) is 1. The normalized spacial score (nSPS) is 11.3. The number of rotatable bonds is 4. The SMILES string of the molecule is Cc1ccc(NS(=O)(=O)c2ccccc2)nc1-c1cccc(C)c1C. The Balaban J connectivity index is 2.02. The molecule has 1 heterocycles. The van der Waals surface area contributed by atoms with Gasteiger partial charge in [-0.15, -0.1) is 0 Å². The lowest BCUT2D eigenvalue weighted by atomic mass is 9.98. The van der Waals surface area contributed by atoms with E-state index in [0.29, 0.717) is 5.82 Å². The number of anilines is 1. The molecule has 0 saturated carbocycles. The van der Waals surface area contributed by atoms with Gasteiger partial charge in [-0.1, -0.05) is 42.5 Å². The Kier molecular flexibility index (Phi) is 4.59. The van der Waals surface area contributed by atoms with Crippen LogP contribution < -0.4 is 4.72 Å². The molecule has 5 heteroatoms. The van der Waals surface area contributed by atoms with Gasteiger partial charge in [0.25, 0.3) is 10.0 Å². The molecule has 2 aromatic carbocycles. The van der Waals surface area contributed by atoms with Crippen LogP contribution in [0.4, 0.5) is 5.82 Å². The summed E-state index contributed by atoms with van der Waals surface area (Å²) in [7, 11) is -3.66. The predicted molar refractivity (Wildman–Crippen MR) is 101 cm³/mol. The number of pyridine rings is 1. The third-order valence-electron chi connectivity index (χ3n) is 4.25. The first-order chi connectivity index (χ1) is 11.9. The lowest BCUT2D eigenvalue weighted by molar-refractivity contribution is 0.601. The van der Waals surface area contributed by atoms with E-state index in [1.54, 1.807) is 36.4 Å². The first kappa shape index (κ1) is 17.2. The van der Waals surface area contributed by atoms with Crippen LogP contribution in [0.15, 0.2) is 65.6 Å². The van der Waals surface area contributed by atoms with Crippen molar-refractivity contribution in [2.24, 2.45) is 0 Å². The Bertz CT molecular complexity index is 1010. The van der Waals surface area contributed by atoms with E-state index in [1.165, 1.54) is 5.56 Å². The summed E-state index contributed by atoms with van der Waals surface area (Å²) in [4.78, 5) is 4.78. The van der Waals surface area contributed by atoms with E-state index in [1.807, 2.05) is 32.0 Å². The van der Waals surface area contributed by atoms with Crippen molar-refractivity contribution in [1.82, 2.24) is 4.98 Å². The van der Waals surface area contributed by atoms with Crippen molar-refractivity contribution in [2.75, 3.05) is 4.72 Å². The summed E-state index contributed by atoms with van der Waals surface area (Å²) < 4.78 is 27.6. The molecule has 0 spiro atoms. The molecule has 4 nitrogen and oxygen atoms in total. The summed E-state index contributed by atoms with van der Waals surface area (Å²) >= 11 is 0. The first-order valence-electron chi connectivity index (χ1n) is 8.00. The summed E-state index contributed by atoms with van der Waals surface area (Å²) in [6.07, 6.45) is 0. The van der Waals surface area contributed by atoms with Crippen LogP contribution in [0.5, 0.6) is 0 Å². The maximum atomic E-state index is 12.5. The van der Waals surface area contributed by atoms with Gasteiger partial charge in [-0.05, 0) is 55.7 Å². The monoisotopic (exact) mass is 352 g/mol. The molecular formula is C20H20N2O2S. The van der Waals surface area contributed by atoms with E-state index >= 15 is 0 Å². The quantitative estimate of drug-likeness (QED) is 0.753. The maximum Gasteiger partial charge on any atom is 0.263 e. The zero-order valence-electron chi connectivity index (χ0n) is 14.4. The Labute approximate surface area is 148 Å². The fourth-order valence-corrected chi connectivity index (χ4v) is 3.68. The van der Waals surface area contributed by atoms with Crippen LogP contribution in [0.25, 0.3) is 11.3 Å². The number of sulfonamides is 1. The molecule has 0 bridgehead atoms. The number of aryl methyl sites for hydroxylation is 2. The van der Waals surface area contributed by atoms with Crippen LogP contribution >= 0.6 is 0 Å². The molecule has 0 aliphatic rings.